The first kappa shape index (κ1) is 17.6. The number of carbonyl (C=O) groups is 2. The number of ketones is 1. The van der Waals surface area contributed by atoms with Crippen LogP contribution in [-0.2, 0) is 0 Å². The molecule has 0 amide bonds. The minimum atomic E-state index is -1.10. The van der Waals surface area contributed by atoms with Crippen molar-refractivity contribution in [2.45, 2.75) is 20.8 Å². The van der Waals surface area contributed by atoms with Gasteiger partial charge >= 0.3 is 5.97 Å². The molecule has 3 rings (SSSR count). The summed E-state index contributed by atoms with van der Waals surface area (Å²) >= 11 is 0. The Morgan fingerprint density at radius 2 is 1.38 bits per heavy atom. The molecule has 0 spiro atoms. The molecule has 0 bridgehead atoms. The number of aromatic carboxylic acids is 1. The lowest BCUT2D eigenvalue weighted by Gasteiger charge is -2.14. The van der Waals surface area contributed by atoms with Crippen LogP contribution >= 0.6 is 0 Å². The summed E-state index contributed by atoms with van der Waals surface area (Å²) in [5.41, 5.74) is 4.94. The summed E-state index contributed by atoms with van der Waals surface area (Å²) in [7, 11) is 0. The van der Waals surface area contributed by atoms with Crippen molar-refractivity contribution < 1.29 is 14.7 Å². The zero-order valence-electron chi connectivity index (χ0n) is 15.0. The third-order valence-electron chi connectivity index (χ3n) is 4.51. The van der Waals surface area contributed by atoms with Gasteiger partial charge in [-0.2, -0.15) is 0 Å². The Hall–Kier alpha value is -3.20. The minimum Gasteiger partial charge on any atom is -0.478 e. The summed E-state index contributed by atoms with van der Waals surface area (Å²) in [6.45, 7) is 5.75. The van der Waals surface area contributed by atoms with E-state index in [1.165, 1.54) is 0 Å². The molecule has 0 aliphatic heterocycles. The van der Waals surface area contributed by atoms with E-state index in [-0.39, 0.29) is 16.9 Å². The summed E-state index contributed by atoms with van der Waals surface area (Å²) in [4.78, 5) is 25.3. The summed E-state index contributed by atoms with van der Waals surface area (Å²) in [6, 6.07) is 18.2. The molecule has 0 unspecified atom stereocenters. The highest BCUT2D eigenvalue weighted by molar-refractivity contribution is 6.17. The van der Waals surface area contributed by atoms with E-state index in [4.69, 9.17) is 0 Å². The predicted octanol–water partition coefficient (Wildman–Crippen LogP) is 5.21. The molecule has 0 fully saturated rings. The molecule has 0 aliphatic rings. The molecule has 26 heavy (non-hydrogen) atoms. The molecule has 0 aliphatic carbocycles. The fourth-order valence-corrected chi connectivity index (χ4v) is 3.50. The average Bonchev–Trinajstić information content (AvgIpc) is 2.60. The molecule has 0 saturated heterocycles. The van der Waals surface area contributed by atoms with Crippen molar-refractivity contribution in [3.05, 3.63) is 94.0 Å². The third kappa shape index (κ3) is 3.16. The van der Waals surface area contributed by atoms with Crippen LogP contribution in [-0.4, -0.2) is 16.9 Å². The van der Waals surface area contributed by atoms with Gasteiger partial charge in [0.05, 0.1) is 5.56 Å². The van der Waals surface area contributed by atoms with Crippen LogP contribution in [0.3, 0.4) is 0 Å². The van der Waals surface area contributed by atoms with E-state index in [2.05, 4.69) is 0 Å². The van der Waals surface area contributed by atoms with E-state index in [1.807, 2.05) is 63.2 Å². The van der Waals surface area contributed by atoms with Gasteiger partial charge in [-0.25, -0.2) is 4.79 Å². The molecule has 0 heterocycles. The van der Waals surface area contributed by atoms with E-state index < -0.39 is 5.97 Å². The second-order valence-corrected chi connectivity index (χ2v) is 6.50. The zero-order chi connectivity index (χ0) is 18.8. The predicted molar refractivity (Wildman–Crippen MR) is 103 cm³/mol. The fourth-order valence-electron chi connectivity index (χ4n) is 3.50. The standard InChI is InChI=1S/C23H20O3/c1-14-12-15(2)20(16(3)13-14)22(24)19-11-7-10-18(21(19)23(25)26)17-8-5-4-6-9-17/h4-13H,1-3H3,(H,25,26). The quantitative estimate of drug-likeness (QED) is 0.661. The molecule has 3 aromatic carbocycles. The van der Waals surface area contributed by atoms with Gasteiger partial charge in [-0.05, 0) is 43.0 Å². The second-order valence-electron chi connectivity index (χ2n) is 6.50. The number of carboxylic acid groups (broad SMARTS) is 1. The zero-order valence-corrected chi connectivity index (χ0v) is 15.0. The lowest BCUT2D eigenvalue weighted by Crippen LogP contribution is -2.13. The summed E-state index contributed by atoms with van der Waals surface area (Å²) in [6.07, 6.45) is 0. The Morgan fingerprint density at radius 3 is 1.96 bits per heavy atom. The van der Waals surface area contributed by atoms with Gasteiger partial charge in [-0.1, -0.05) is 66.2 Å². The van der Waals surface area contributed by atoms with Crippen molar-refractivity contribution in [1.29, 1.82) is 0 Å². The maximum atomic E-state index is 13.2. The monoisotopic (exact) mass is 344 g/mol. The molecule has 130 valence electrons. The van der Waals surface area contributed by atoms with Crippen molar-refractivity contribution in [1.82, 2.24) is 0 Å². The van der Waals surface area contributed by atoms with Gasteiger partial charge in [0.1, 0.15) is 0 Å². The number of hydrogen-bond acceptors (Lipinski definition) is 2. The van der Waals surface area contributed by atoms with Gasteiger partial charge in [0.15, 0.2) is 5.78 Å². The Kier molecular flexibility index (Phi) is 4.72. The molecule has 0 atom stereocenters. The number of hydrogen-bond donors (Lipinski definition) is 1. The highest BCUT2D eigenvalue weighted by Gasteiger charge is 2.24. The number of carboxylic acids is 1. The molecule has 0 aromatic heterocycles. The highest BCUT2D eigenvalue weighted by atomic mass is 16.4. The first-order valence-electron chi connectivity index (χ1n) is 8.44. The number of carbonyl (C=O) groups excluding carboxylic acids is 1. The topological polar surface area (TPSA) is 54.4 Å². The number of rotatable bonds is 4. The highest BCUT2D eigenvalue weighted by Crippen LogP contribution is 2.29. The Balaban J connectivity index is 2.24. The molecule has 1 N–H and O–H groups in total. The third-order valence-corrected chi connectivity index (χ3v) is 4.51. The summed E-state index contributed by atoms with van der Waals surface area (Å²) in [5, 5.41) is 9.83. The second kappa shape index (κ2) is 6.96. The summed E-state index contributed by atoms with van der Waals surface area (Å²) in [5.74, 6) is -1.36. The lowest BCUT2D eigenvalue weighted by molar-refractivity contribution is 0.0693. The van der Waals surface area contributed by atoms with Crippen LogP contribution in [0.4, 0.5) is 0 Å². The molecular formula is C23H20O3. The van der Waals surface area contributed by atoms with Crippen molar-refractivity contribution in [3.63, 3.8) is 0 Å². The van der Waals surface area contributed by atoms with Crippen LogP contribution in [0.15, 0.2) is 60.7 Å². The van der Waals surface area contributed by atoms with E-state index in [0.717, 1.165) is 22.3 Å². The van der Waals surface area contributed by atoms with Crippen molar-refractivity contribution in [3.8, 4) is 11.1 Å². The van der Waals surface area contributed by atoms with Crippen LogP contribution in [0.1, 0.15) is 43.0 Å². The molecule has 0 saturated carbocycles. The van der Waals surface area contributed by atoms with Crippen molar-refractivity contribution >= 4 is 11.8 Å². The Bertz CT molecular complexity index is 978. The number of aryl methyl sites for hydroxylation is 3. The minimum absolute atomic E-state index is 0.0445. The van der Waals surface area contributed by atoms with Crippen LogP contribution in [0.5, 0.6) is 0 Å². The van der Waals surface area contributed by atoms with Gasteiger partial charge in [0, 0.05) is 11.1 Å². The van der Waals surface area contributed by atoms with Crippen LogP contribution in [0, 0.1) is 20.8 Å². The molecule has 3 heteroatoms. The van der Waals surface area contributed by atoms with Gasteiger partial charge in [0.25, 0.3) is 0 Å². The molecule has 3 nitrogen and oxygen atoms in total. The SMILES string of the molecule is Cc1cc(C)c(C(=O)c2cccc(-c3ccccc3)c2C(=O)O)c(C)c1. The van der Waals surface area contributed by atoms with E-state index in [1.54, 1.807) is 18.2 Å². The van der Waals surface area contributed by atoms with Gasteiger partial charge in [0.2, 0.25) is 0 Å². The maximum Gasteiger partial charge on any atom is 0.337 e. The number of benzene rings is 3. The van der Waals surface area contributed by atoms with Crippen LogP contribution in [0.2, 0.25) is 0 Å². The van der Waals surface area contributed by atoms with Gasteiger partial charge < -0.3 is 5.11 Å². The van der Waals surface area contributed by atoms with E-state index in [9.17, 15) is 14.7 Å². The van der Waals surface area contributed by atoms with E-state index in [0.29, 0.717) is 11.1 Å². The molecular weight excluding hydrogens is 324 g/mol. The van der Waals surface area contributed by atoms with Crippen molar-refractivity contribution in [2.24, 2.45) is 0 Å². The smallest absolute Gasteiger partial charge is 0.337 e. The first-order valence-corrected chi connectivity index (χ1v) is 8.44. The van der Waals surface area contributed by atoms with Crippen molar-refractivity contribution in [2.75, 3.05) is 0 Å². The Labute approximate surface area is 152 Å². The summed E-state index contributed by atoms with van der Waals surface area (Å²) < 4.78 is 0. The maximum absolute atomic E-state index is 13.2. The average molecular weight is 344 g/mol. The lowest BCUT2D eigenvalue weighted by atomic mass is 9.88. The Morgan fingerprint density at radius 1 is 0.769 bits per heavy atom. The van der Waals surface area contributed by atoms with Gasteiger partial charge in [-0.3, -0.25) is 4.79 Å². The van der Waals surface area contributed by atoms with Crippen LogP contribution < -0.4 is 0 Å². The van der Waals surface area contributed by atoms with Gasteiger partial charge in [-0.15, -0.1) is 0 Å². The van der Waals surface area contributed by atoms with E-state index >= 15 is 0 Å². The van der Waals surface area contributed by atoms with Crippen LogP contribution in [0.25, 0.3) is 11.1 Å². The molecule has 3 aromatic rings. The normalized spacial score (nSPS) is 10.6. The first-order chi connectivity index (χ1) is 12.4. The fraction of sp³-hybridized carbons (Fsp3) is 0.130. The largest absolute Gasteiger partial charge is 0.478 e. The molecule has 0 radical (unpaired) electrons.